The van der Waals surface area contributed by atoms with Crippen molar-refractivity contribution in [3.05, 3.63) is 35.4 Å². The molecule has 0 aromatic heterocycles. The fourth-order valence-corrected chi connectivity index (χ4v) is 2.03. The van der Waals surface area contributed by atoms with Crippen molar-refractivity contribution in [2.24, 2.45) is 5.41 Å². The van der Waals surface area contributed by atoms with Crippen LogP contribution in [0.1, 0.15) is 39.2 Å². The fraction of sp³-hybridized carbons (Fsp3) is 0.538. The largest absolute Gasteiger partial charge is 0.207 e. The molecule has 0 saturated carbocycles. The Morgan fingerprint density at radius 3 is 2.07 bits per heavy atom. The lowest BCUT2D eigenvalue weighted by Gasteiger charge is -2.24. The zero-order valence-electron chi connectivity index (χ0n) is 9.61. The molecule has 0 spiro atoms. The second kappa shape index (κ2) is 4.73. The van der Waals surface area contributed by atoms with Gasteiger partial charge in [-0.2, -0.15) is 0 Å². The van der Waals surface area contributed by atoms with Gasteiger partial charge in [0.1, 0.15) is 11.6 Å². The molecule has 0 fully saturated rings. The van der Waals surface area contributed by atoms with E-state index >= 15 is 0 Å². The first-order chi connectivity index (χ1) is 6.93. The summed E-state index contributed by atoms with van der Waals surface area (Å²) in [4.78, 5) is 0. The van der Waals surface area contributed by atoms with Crippen LogP contribution in [0.4, 0.5) is 8.78 Å². The van der Waals surface area contributed by atoms with Crippen LogP contribution in [-0.4, -0.2) is 0 Å². The van der Waals surface area contributed by atoms with Crippen molar-refractivity contribution in [2.75, 3.05) is 0 Å². The number of halogens is 2. The van der Waals surface area contributed by atoms with Crippen LogP contribution >= 0.6 is 0 Å². The smallest absolute Gasteiger partial charge is 0.126 e. The van der Waals surface area contributed by atoms with Crippen LogP contribution in [0.2, 0.25) is 0 Å². The predicted octanol–water partition coefficient (Wildman–Crippen LogP) is 4.33. The zero-order chi connectivity index (χ0) is 11.5. The third-order valence-electron chi connectivity index (χ3n) is 2.53. The van der Waals surface area contributed by atoms with E-state index in [4.69, 9.17) is 0 Å². The second-order valence-corrected chi connectivity index (χ2v) is 4.87. The summed E-state index contributed by atoms with van der Waals surface area (Å²) in [6, 6.07) is 3.75. The molecule has 0 saturated heterocycles. The van der Waals surface area contributed by atoms with Crippen LogP contribution in [-0.2, 0) is 6.42 Å². The van der Waals surface area contributed by atoms with E-state index in [2.05, 4.69) is 20.8 Å². The van der Waals surface area contributed by atoms with Gasteiger partial charge in [-0.3, -0.25) is 0 Å². The molecular formula is C13H18F2. The summed E-state index contributed by atoms with van der Waals surface area (Å²) in [5.41, 5.74) is 0.848. The molecule has 0 aliphatic carbocycles. The van der Waals surface area contributed by atoms with Gasteiger partial charge in [-0.05, 0) is 36.0 Å². The highest BCUT2D eigenvalue weighted by Gasteiger charge is 2.17. The van der Waals surface area contributed by atoms with Crippen LogP contribution < -0.4 is 0 Å². The van der Waals surface area contributed by atoms with Crippen molar-refractivity contribution >= 4 is 0 Å². The Morgan fingerprint density at radius 1 is 1.07 bits per heavy atom. The van der Waals surface area contributed by atoms with E-state index in [0.717, 1.165) is 30.9 Å². The molecule has 2 heteroatoms. The van der Waals surface area contributed by atoms with Gasteiger partial charge in [0, 0.05) is 6.07 Å². The van der Waals surface area contributed by atoms with Crippen molar-refractivity contribution in [3.8, 4) is 0 Å². The molecule has 0 aliphatic heterocycles. The molecular weight excluding hydrogens is 194 g/mol. The quantitative estimate of drug-likeness (QED) is 0.696. The summed E-state index contributed by atoms with van der Waals surface area (Å²) in [7, 11) is 0. The summed E-state index contributed by atoms with van der Waals surface area (Å²) >= 11 is 0. The molecule has 0 nitrogen and oxygen atoms in total. The molecule has 0 aliphatic rings. The van der Waals surface area contributed by atoms with Gasteiger partial charge in [0.15, 0.2) is 0 Å². The minimum absolute atomic E-state index is 0.106. The molecule has 15 heavy (non-hydrogen) atoms. The van der Waals surface area contributed by atoms with Crippen molar-refractivity contribution in [3.63, 3.8) is 0 Å². The minimum Gasteiger partial charge on any atom is -0.207 e. The van der Waals surface area contributed by atoms with Crippen LogP contribution in [0.15, 0.2) is 18.2 Å². The zero-order valence-corrected chi connectivity index (χ0v) is 9.61. The highest BCUT2D eigenvalue weighted by molar-refractivity contribution is 5.19. The van der Waals surface area contributed by atoms with Gasteiger partial charge < -0.3 is 0 Å². The minimum atomic E-state index is -0.489. The summed E-state index contributed by atoms with van der Waals surface area (Å²) in [6.45, 7) is 6.37. The number of benzene rings is 1. The maximum absolute atomic E-state index is 12.9. The molecule has 0 atom stereocenters. The third-order valence-corrected chi connectivity index (χ3v) is 2.53. The Labute approximate surface area is 90.3 Å². The summed E-state index contributed by atoms with van der Waals surface area (Å²) in [5.74, 6) is -0.977. The summed E-state index contributed by atoms with van der Waals surface area (Å²) in [6.07, 6.45) is 2.87. The first-order valence-electron chi connectivity index (χ1n) is 5.38. The Morgan fingerprint density at radius 2 is 1.60 bits per heavy atom. The lowest BCUT2D eigenvalue weighted by molar-refractivity contribution is 0.328. The first kappa shape index (κ1) is 12.2. The van der Waals surface area contributed by atoms with Crippen molar-refractivity contribution in [1.29, 1.82) is 0 Å². The van der Waals surface area contributed by atoms with Crippen molar-refractivity contribution < 1.29 is 8.78 Å². The van der Waals surface area contributed by atoms with E-state index < -0.39 is 11.6 Å². The Balaban J connectivity index is 2.80. The van der Waals surface area contributed by atoms with Gasteiger partial charge in [-0.1, -0.05) is 27.2 Å². The molecule has 84 valence electrons. The molecule has 0 radical (unpaired) electrons. The van der Waals surface area contributed by atoms with E-state index in [-0.39, 0.29) is 5.41 Å². The second-order valence-electron chi connectivity index (χ2n) is 4.87. The Hall–Kier alpha value is -0.920. The van der Waals surface area contributed by atoms with E-state index in [0.29, 0.717) is 0 Å². The van der Waals surface area contributed by atoms with Crippen LogP contribution in [0.25, 0.3) is 0 Å². The van der Waals surface area contributed by atoms with Gasteiger partial charge in [-0.15, -0.1) is 0 Å². The average Bonchev–Trinajstić information content (AvgIpc) is 1.99. The average molecular weight is 212 g/mol. The summed E-state index contributed by atoms with van der Waals surface area (Å²) in [5, 5.41) is 0. The van der Waals surface area contributed by atoms with E-state index in [9.17, 15) is 8.78 Å². The first-order valence-corrected chi connectivity index (χ1v) is 5.38. The number of hydrogen-bond acceptors (Lipinski definition) is 0. The Kier molecular flexibility index (Phi) is 3.83. The lowest BCUT2D eigenvalue weighted by Crippen LogP contribution is -2.14. The number of rotatable bonds is 4. The van der Waals surface area contributed by atoms with Gasteiger partial charge in [0.25, 0.3) is 0 Å². The maximum atomic E-state index is 12.9. The predicted molar refractivity (Wildman–Crippen MR) is 58.8 cm³/mol. The van der Waals surface area contributed by atoms with Gasteiger partial charge in [0.2, 0.25) is 0 Å². The SMILES string of the molecule is CCCC(C)(C)Cc1cc(F)cc(F)c1. The van der Waals surface area contributed by atoms with Gasteiger partial charge >= 0.3 is 0 Å². The maximum Gasteiger partial charge on any atom is 0.126 e. The molecule has 0 unspecified atom stereocenters. The normalized spacial score (nSPS) is 11.8. The molecule has 0 heterocycles. The van der Waals surface area contributed by atoms with Crippen LogP contribution in [0, 0.1) is 17.0 Å². The molecule has 1 aromatic rings. The van der Waals surface area contributed by atoms with Gasteiger partial charge in [0.05, 0.1) is 0 Å². The van der Waals surface area contributed by atoms with E-state index in [1.54, 1.807) is 0 Å². The topological polar surface area (TPSA) is 0 Å². The third kappa shape index (κ3) is 3.98. The number of hydrogen-bond donors (Lipinski definition) is 0. The van der Waals surface area contributed by atoms with E-state index in [1.807, 2.05) is 0 Å². The highest BCUT2D eigenvalue weighted by atomic mass is 19.1. The molecule has 1 aromatic carbocycles. The van der Waals surface area contributed by atoms with Gasteiger partial charge in [-0.25, -0.2) is 8.78 Å². The van der Waals surface area contributed by atoms with Crippen molar-refractivity contribution in [1.82, 2.24) is 0 Å². The van der Waals surface area contributed by atoms with E-state index in [1.165, 1.54) is 12.1 Å². The Bertz CT molecular complexity index is 309. The molecule has 1 rings (SSSR count). The van der Waals surface area contributed by atoms with Crippen LogP contribution in [0.3, 0.4) is 0 Å². The highest BCUT2D eigenvalue weighted by Crippen LogP contribution is 2.27. The van der Waals surface area contributed by atoms with Crippen LogP contribution in [0.5, 0.6) is 0 Å². The fourth-order valence-electron chi connectivity index (χ4n) is 2.03. The van der Waals surface area contributed by atoms with Crippen molar-refractivity contribution in [2.45, 2.75) is 40.0 Å². The monoisotopic (exact) mass is 212 g/mol. The lowest BCUT2D eigenvalue weighted by atomic mass is 9.82. The standard InChI is InChI=1S/C13H18F2/c1-4-5-13(2,3)9-10-6-11(14)8-12(15)7-10/h6-8H,4-5,9H2,1-3H3. The molecule has 0 amide bonds. The molecule has 0 N–H and O–H groups in total. The summed E-state index contributed by atoms with van der Waals surface area (Å²) < 4.78 is 25.9. The molecule has 0 bridgehead atoms.